The molecule has 4 aromatic rings. The van der Waals surface area contributed by atoms with Gasteiger partial charge in [-0.3, -0.25) is 9.36 Å². The Labute approximate surface area is 273 Å². The fraction of sp³-hybridized carbons (Fsp3) is 0.432. The summed E-state index contributed by atoms with van der Waals surface area (Å²) in [5.74, 6) is 7.53. The van der Waals surface area contributed by atoms with E-state index in [-0.39, 0.29) is 35.2 Å². The van der Waals surface area contributed by atoms with Gasteiger partial charge in [-0.05, 0) is 99.5 Å². The smallest absolute Gasteiger partial charge is 0.372 e. The predicted molar refractivity (Wildman–Crippen MR) is 181 cm³/mol. The number of nitrogens with one attached hydrogen (secondary N) is 2. The summed E-state index contributed by atoms with van der Waals surface area (Å²) in [5.41, 5.74) is 1.05. The highest BCUT2D eigenvalue weighted by molar-refractivity contribution is 5.77. The molecule has 0 spiro atoms. The maximum Gasteiger partial charge on any atom is 0.416 e. The number of benzene rings is 2. The molecule has 2 aromatic carbocycles. The lowest BCUT2D eigenvalue weighted by molar-refractivity contribution is -0.138. The van der Waals surface area contributed by atoms with Gasteiger partial charge < -0.3 is 15.5 Å². The first-order chi connectivity index (χ1) is 22.7. The van der Waals surface area contributed by atoms with Crippen molar-refractivity contribution in [3.05, 3.63) is 87.8 Å². The van der Waals surface area contributed by atoms with E-state index >= 15 is 0 Å². The van der Waals surface area contributed by atoms with Crippen molar-refractivity contribution in [1.82, 2.24) is 19.9 Å². The normalized spacial score (nSPS) is 18.8. The average molecular weight is 643 g/mol. The lowest BCUT2D eigenvalue weighted by atomic mass is 9.81. The van der Waals surface area contributed by atoms with Crippen molar-refractivity contribution < 1.29 is 13.2 Å². The third kappa shape index (κ3) is 7.62. The molecule has 3 heterocycles. The van der Waals surface area contributed by atoms with Gasteiger partial charge in [-0.2, -0.15) is 18.2 Å². The number of hydrogen-bond donors (Lipinski definition) is 2. The lowest BCUT2D eigenvalue weighted by Crippen LogP contribution is -2.41. The molecule has 47 heavy (non-hydrogen) atoms. The molecular weight excluding hydrogens is 601 g/mol. The van der Waals surface area contributed by atoms with E-state index in [4.69, 9.17) is 0 Å². The number of nitrogens with zero attached hydrogens (tertiary/aromatic N) is 4. The molecule has 2 aromatic heterocycles. The molecule has 10 heteroatoms. The highest BCUT2D eigenvalue weighted by Crippen LogP contribution is 2.33. The van der Waals surface area contributed by atoms with Crippen LogP contribution in [0.15, 0.2) is 65.6 Å². The van der Waals surface area contributed by atoms with Crippen molar-refractivity contribution in [3.63, 3.8) is 0 Å². The molecule has 1 aliphatic heterocycles. The number of alkyl halides is 3. The molecule has 0 atom stereocenters. The Bertz CT molecular complexity index is 1810. The number of rotatable bonds is 7. The van der Waals surface area contributed by atoms with Gasteiger partial charge in [-0.25, -0.2) is 4.98 Å². The molecule has 1 saturated carbocycles. The standard InChI is InChI=1S/C37H41F3N6O/c1-3-25-8-10-26(11-9-25)12-13-27-22-29-23-42-36(43-30-14-16-31(17-15-30)45(2)32-18-20-41-21-19-32)44-34(29)46(35(27)47)24-28-6-4-5-7-33(28)37(38,39)40/h4-7,14-17,22-23,25-26,32,41H,3,8-11,18-21,24H2,1-2H3,(H,42,43,44). The number of anilines is 3. The van der Waals surface area contributed by atoms with Crippen LogP contribution in [0.1, 0.15) is 68.6 Å². The topological polar surface area (TPSA) is 75.1 Å². The van der Waals surface area contributed by atoms with Gasteiger partial charge in [0.15, 0.2) is 0 Å². The third-order valence-corrected chi connectivity index (χ3v) is 9.70. The van der Waals surface area contributed by atoms with E-state index < -0.39 is 17.3 Å². The summed E-state index contributed by atoms with van der Waals surface area (Å²) in [6, 6.07) is 15.4. The minimum absolute atomic E-state index is 0.0204. The van der Waals surface area contributed by atoms with Gasteiger partial charge in [-0.15, -0.1) is 0 Å². The van der Waals surface area contributed by atoms with Gasteiger partial charge in [0, 0.05) is 42.0 Å². The Morgan fingerprint density at radius 2 is 1.74 bits per heavy atom. The van der Waals surface area contributed by atoms with E-state index in [9.17, 15) is 18.0 Å². The zero-order valence-electron chi connectivity index (χ0n) is 26.9. The van der Waals surface area contributed by atoms with Crippen LogP contribution in [0, 0.1) is 23.7 Å². The average Bonchev–Trinajstić information content (AvgIpc) is 3.09. The largest absolute Gasteiger partial charge is 0.416 e. The van der Waals surface area contributed by atoms with Crippen molar-refractivity contribution in [1.29, 1.82) is 0 Å². The Morgan fingerprint density at radius 1 is 1.02 bits per heavy atom. The third-order valence-electron chi connectivity index (χ3n) is 9.70. The first kappa shape index (κ1) is 32.6. The van der Waals surface area contributed by atoms with Gasteiger partial charge in [0.05, 0.1) is 17.7 Å². The van der Waals surface area contributed by atoms with Crippen molar-refractivity contribution in [2.45, 2.75) is 70.6 Å². The number of hydrogen-bond acceptors (Lipinski definition) is 6. The van der Waals surface area contributed by atoms with Gasteiger partial charge >= 0.3 is 6.18 Å². The van der Waals surface area contributed by atoms with E-state index in [2.05, 4.69) is 51.3 Å². The summed E-state index contributed by atoms with van der Waals surface area (Å²) >= 11 is 0. The summed E-state index contributed by atoms with van der Waals surface area (Å²) < 4.78 is 43.2. The van der Waals surface area contributed by atoms with Crippen LogP contribution < -0.4 is 21.1 Å². The Morgan fingerprint density at radius 3 is 2.45 bits per heavy atom. The monoisotopic (exact) mass is 642 g/mol. The maximum absolute atomic E-state index is 14.0. The second-order valence-electron chi connectivity index (χ2n) is 12.7. The minimum Gasteiger partial charge on any atom is -0.372 e. The van der Waals surface area contributed by atoms with E-state index in [1.54, 1.807) is 18.3 Å². The number of aromatic nitrogens is 3. The molecule has 7 nitrogen and oxygen atoms in total. The lowest BCUT2D eigenvalue weighted by Gasteiger charge is -2.33. The molecule has 0 amide bonds. The molecule has 2 aliphatic rings. The van der Waals surface area contributed by atoms with Gasteiger partial charge in [0.1, 0.15) is 5.65 Å². The fourth-order valence-electron chi connectivity index (χ4n) is 6.77. The van der Waals surface area contributed by atoms with Crippen LogP contribution >= 0.6 is 0 Å². The van der Waals surface area contributed by atoms with E-state index in [1.807, 2.05) is 24.3 Å². The minimum atomic E-state index is -4.57. The fourth-order valence-corrected chi connectivity index (χ4v) is 6.77. The van der Waals surface area contributed by atoms with Crippen LogP contribution in [0.4, 0.5) is 30.5 Å². The van der Waals surface area contributed by atoms with E-state index in [0.717, 1.165) is 81.4 Å². The highest BCUT2D eigenvalue weighted by Gasteiger charge is 2.33. The van der Waals surface area contributed by atoms with Crippen molar-refractivity contribution in [3.8, 4) is 11.8 Å². The SMILES string of the molecule is CCC1CCC(C#Cc2cc3cnc(Nc4ccc(N(C)C5CCNCC5)cc4)nc3n(Cc3ccccc3C(F)(F)F)c2=O)CC1. The second-order valence-corrected chi connectivity index (χ2v) is 12.7. The molecule has 2 N–H and O–H groups in total. The van der Waals surface area contributed by atoms with Crippen LogP contribution in [0.3, 0.4) is 0 Å². The summed E-state index contributed by atoms with van der Waals surface area (Å²) in [5, 5.41) is 7.13. The Balaban J connectivity index is 1.33. The molecule has 6 rings (SSSR count). The molecule has 1 aliphatic carbocycles. The molecule has 0 bridgehead atoms. The van der Waals surface area contributed by atoms with Crippen LogP contribution in [-0.4, -0.2) is 40.7 Å². The Kier molecular flexibility index (Phi) is 9.83. The molecule has 1 saturated heterocycles. The van der Waals surface area contributed by atoms with Crippen LogP contribution in [-0.2, 0) is 12.7 Å². The molecular formula is C37H41F3N6O. The molecule has 246 valence electrons. The summed E-state index contributed by atoms with van der Waals surface area (Å²) in [6.07, 6.45) is 4.56. The first-order valence-electron chi connectivity index (χ1n) is 16.6. The second kappa shape index (κ2) is 14.2. The number of halogens is 3. The van der Waals surface area contributed by atoms with Gasteiger partial charge in [0.25, 0.3) is 5.56 Å². The quantitative estimate of drug-likeness (QED) is 0.205. The van der Waals surface area contributed by atoms with Crippen molar-refractivity contribution in [2.75, 3.05) is 30.4 Å². The molecule has 0 unspecified atom stereocenters. The maximum atomic E-state index is 14.0. The van der Waals surface area contributed by atoms with E-state index in [1.165, 1.54) is 16.7 Å². The number of pyridine rings is 1. The van der Waals surface area contributed by atoms with Crippen molar-refractivity contribution in [2.24, 2.45) is 11.8 Å². The first-order valence-corrected chi connectivity index (χ1v) is 16.6. The van der Waals surface area contributed by atoms with E-state index in [0.29, 0.717) is 11.4 Å². The summed E-state index contributed by atoms with van der Waals surface area (Å²) in [6.45, 7) is 3.92. The molecule has 2 fully saturated rings. The predicted octanol–water partition coefficient (Wildman–Crippen LogP) is 7.36. The molecule has 0 radical (unpaired) electrons. The Hall–Kier alpha value is -4.36. The summed E-state index contributed by atoms with van der Waals surface area (Å²) in [7, 11) is 2.11. The van der Waals surface area contributed by atoms with Crippen LogP contribution in [0.25, 0.3) is 11.0 Å². The number of piperidine rings is 1. The summed E-state index contributed by atoms with van der Waals surface area (Å²) in [4.78, 5) is 25.4. The van der Waals surface area contributed by atoms with Gasteiger partial charge in [0.2, 0.25) is 5.95 Å². The van der Waals surface area contributed by atoms with Gasteiger partial charge in [-0.1, -0.05) is 43.4 Å². The zero-order chi connectivity index (χ0) is 33.0. The number of fused-ring (bicyclic) bond motifs is 1. The zero-order valence-corrected chi connectivity index (χ0v) is 26.9. The van der Waals surface area contributed by atoms with Crippen LogP contribution in [0.5, 0.6) is 0 Å². The highest BCUT2D eigenvalue weighted by atomic mass is 19.4. The van der Waals surface area contributed by atoms with Crippen LogP contribution in [0.2, 0.25) is 0 Å². The van der Waals surface area contributed by atoms with Crippen molar-refractivity contribution >= 4 is 28.4 Å².